The number of hydrogen-bond donors (Lipinski definition) is 2. The fourth-order valence-corrected chi connectivity index (χ4v) is 1.99. The molecule has 98 valence electrons. The number of amides is 1. The molecule has 1 amide bonds. The predicted molar refractivity (Wildman–Crippen MR) is 67.2 cm³/mol. The first-order valence-electron chi connectivity index (χ1n) is 6.17. The number of ether oxygens (including phenoxy) is 1. The number of hydrogen-bond acceptors (Lipinski definition) is 3. The number of anilines is 1. The maximum Gasteiger partial charge on any atom is 0.241 e. The van der Waals surface area contributed by atoms with E-state index in [1.807, 2.05) is 0 Å². The molecular formula is C13H17FN2O2. The van der Waals surface area contributed by atoms with E-state index in [2.05, 4.69) is 10.6 Å². The Kier molecular flexibility index (Phi) is 4.15. The summed E-state index contributed by atoms with van der Waals surface area (Å²) in [7, 11) is 0. The van der Waals surface area contributed by atoms with Gasteiger partial charge in [-0.3, -0.25) is 4.79 Å². The van der Waals surface area contributed by atoms with Gasteiger partial charge in [-0.15, -0.1) is 0 Å². The summed E-state index contributed by atoms with van der Waals surface area (Å²) in [4.78, 5) is 11.8. The minimum absolute atomic E-state index is 0.115. The molecule has 4 nitrogen and oxygen atoms in total. The number of rotatable bonds is 4. The van der Waals surface area contributed by atoms with Gasteiger partial charge in [-0.25, -0.2) is 4.39 Å². The molecule has 0 spiro atoms. The van der Waals surface area contributed by atoms with E-state index in [-0.39, 0.29) is 17.7 Å². The highest BCUT2D eigenvalue weighted by atomic mass is 19.1. The van der Waals surface area contributed by atoms with E-state index in [4.69, 9.17) is 4.74 Å². The van der Waals surface area contributed by atoms with E-state index < -0.39 is 5.82 Å². The molecular weight excluding hydrogens is 235 g/mol. The normalized spacial score (nSPS) is 18.7. The van der Waals surface area contributed by atoms with Crippen molar-refractivity contribution in [2.45, 2.75) is 25.8 Å². The highest BCUT2D eigenvalue weighted by Gasteiger charge is 2.22. The van der Waals surface area contributed by atoms with E-state index in [0.29, 0.717) is 12.3 Å². The Morgan fingerprint density at radius 2 is 2.44 bits per heavy atom. The van der Waals surface area contributed by atoms with Crippen molar-refractivity contribution < 1.29 is 13.9 Å². The number of carbonyl (C=O) groups is 1. The lowest BCUT2D eigenvalue weighted by Gasteiger charge is -2.12. The van der Waals surface area contributed by atoms with Crippen LogP contribution < -0.4 is 15.4 Å². The Balaban J connectivity index is 2.00. The van der Waals surface area contributed by atoms with Gasteiger partial charge in [0.1, 0.15) is 0 Å². The number of halogens is 1. The topological polar surface area (TPSA) is 50.4 Å². The number of carbonyl (C=O) groups excluding carboxylic acids is 1. The third kappa shape index (κ3) is 2.98. The van der Waals surface area contributed by atoms with Crippen LogP contribution in [0.4, 0.5) is 10.1 Å². The second-order valence-corrected chi connectivity index (χ2v) is 4.22. The Labute approximate surface area is 106 Å². The van der Waals surface area contributed by atoms with Gasteiger partial charge in [0, 0.05) is 11.8 Å². The average Bonchev–Trinajstić information content (AvgIpc) is 2.86. The first-order chi connectivity index (χ1) is 8.70. The molecule has 1 aromatic rings. The van der Waals surface area contributed by atoms with Gasteiger partial charge in [-0.1, -0.05) is 0 Å². The van der Waals surface area contributed by atoms with Gasteiger partial charge in [-0.2, -0.15) is 0 Å². The van der Waals surface area contributed by atoms with E-state index in [1.165, 1.54) is 12.1 Å². The summed E-state index contributed by atoms with van der Waals surface area (Å²) in [5, 5.41) is 5.79. The van der Waals surface area contributed by atoms with Crippen molar-refractivity contribution in [3.8, 4) is 5.75 Å². The van der Waals surface area contributed by atoms with Crippen molar-refractivity contribution in [3.05, 3.63) is 24.0 Å². The van der Waals surface area contributed by atoms with E-state index >= 15 is 0 Å². The summed E-state index contributed by atoms with van der Waals surface area (Å²) in [5.41, 5.74) is 0.453. The smallest absolute Gasteiger partial charge is 0.241 e. The maximum absolute atomic E-state index is 13.6. The van der Waals surface area contributed by atoms with Gasteiger partial charge in [0.05, 0.1) is 12.6 Å². The molecule has 5 heteroatoms. The van der Waals surface area contributed by atoms with Crippen LogP contribution in [0.1, 0.15) is 19.8 Å². The van der Waals surface area contributed by atoms with Crippen LogP contribution in [-0.4, -0.2) is 25.1 Å². The average molecular weight is 252 g/mol. The first kappa shape index (κ1) is 12.8. The van der Waals surface area contributed by atoms with Gasteiger partial charge in [0.2, 0.25) is 5.91 Å². The molecule has 18 heavy (non-hydrogen) atoms. The zero-order chi connectivity index (χ0) is 13.0. The van der Waals surface area contributed by atoms with E-state index in [0.717, 1.165) is 19.4 Å². The van der Waals surface area contributed by atoms with Crippen molar-refractivity contribution in [1.29, 1.82) is 0 Å². The molecule has 1 fully saturated rings. The summed E-state index contributed by atoms with van der Waals surface area (Å²) in [5.74, 6) is -0.375. The lowest BCUT2D eigenvalue weighted by atomic mass is 10.2. The largest absolute Gasteiger partial charge is 0.491 e. The van der Waals surface area contributed by atoms with E-state index in [9.17, 15) is 9.18 Å². The highest BCUT2D eigenvalue weighted by Crippen LogP contribution is 2.21. The summed E-state index contributed by atoms with van der Waals surface area (Å²) in [6.45, 7) is 3.06. The molecule has 1 atom stereocenters. The second kappa shape index (κ2) is 5.82. The van der Waals surface area contributed by atoms with Crippen LogP contribution in [0.2, 0.25) is 0 Å². The van der Waals surface area contributed by atoms with Crippen LogP contribution in [0, 0.1) is 5.82 Å². The fourth-order valence-electron chi connectivity index (χ4n) is 1.99. The molecule has 1 heterocycles. The standard InChI is InChI=1S/C13H17FN2O2/c1-2-18-12-6-5-9(8-10(12)14)16-13(17)11-4-3-7-15-11/h5-6,8,11,15H,2-4,7H2,1H3,(H,16,17)/t11-/m1/s1. The van der Waals surface area contributed by atoms with Gasteiger partial charge < -0.3 is 15.4 Å². The zero-order valence-corrected chi connectivity index (χ0v) is 10.3. The summed E-state index contributed by atoms with van der Waals surface area (Å²) in [6, 6.07) is 4.27. The molecule has 1 aromatic carbocycles. The summed E-state index contributed by atoms with van der Waals surface area (Å²) in [6.07, 6.45) is 1.82. The van der Waals surface area contributed by atoms with Gasteiger partial charge in [-0.05, 0) is 38.4 Å². The molecule has 2 rings (SSSR count). The Morgan fingerprint density at radius 1 is 1.61 bits per heavy atom. The lowest BCUT2D eigenvalue weighted by Crippen LogP contribution is -2.35. The Morgan fingerprint density at radius 3 is 3.06 bits per heavy atom. The van der Waals surface area contributed by atoms with Crippen LogP contribution in [0.15, 0.2) is 18.2 Å². The summed E-state index contributed by atoms with van der Waals surface area (Å²) >= 11 is 0. The summed E-state index contributed by atoms with van der Waals surface area (Å²) < 4.78 is 18.7. The third-order valence-electron chi connectivity index (χ3n) is 2.88. The van der Waals surface area contributed by atoms with Crippen molar-refractivity contribution in [1.82, 2.24) is 5.32 Å². The lowest BCUT2D eigenvalue weighted by molar-refractivity contribution is -0.117. The van der Waals surface area contributed by atoms with Crippen LogP contribution in [-0.2, 0) is 4.79 Å². The van der Waals surface area contributed by atoms with E-state index in [1.54, 1.807) is 13.0 Å². The van der Waals surface area contributed by atoms with Crippen LogP contribution in [0.25, 0.3) is 0 Å². The Hall–Kier alpha value is -1.62. The van der Waals surface area contributed by atoms with Crippen molar-refractivity contribution in [2.24, 2.45) is 0 Å². The number of nitrogens with one attached hydrogen (secondary N) is 2. The number of benzene rings is 1. The molecule has 2 N–H and O–H groups in total. The van der Waals surface area contributed by atoms with Crippen molar-refractivity contribution in [2.75, 3.05) is 18.5 Å². The molecule has 0 saturated carbocycles. The minimum atomic E-state index is -0.464. The molecule has 0 bridgehead atoms. The minimum Gasteiger partial charge on any atom is -0.491 e. The van der Waals surface area contributed by atoms with Gasteiger partial charge in [0.25, 0.3) is 0 Å². The third-order valence-corrected chi connectivity index (χ3v) is 2.88. The molecule has 0 unspecified atom stereocenters. The monoisotopic (exact) mass is 252 g/mol. The molecule has 1 aliphatic heterocycles. The molecule has 0 aromatic heterocycles. The predicted octanol–water partition coefficient (Wildman–Crippen LogP) is 1.91. The van der Waals surface area contributed by atoms with Crippen molar-refractivity contribution in [3.63, 3.8) is 0 Å². The van der Waals surface area contributed by atoms with Crippen LogP contribution in [0.5, 0.6) is 5.75 Å². The zero-order valence-electron chi connectivity index (χ0n) is 10.3. The Bertz CT molecular complexity index is 431. The molecule has 1 aliphatic rings. The molecule has 0 aliphatic carbocycles. The second-order valence-electron chi connectivity index (χ2n) is 4.22. The van der Waals surface area contributed by atoms with Crippen LogP contribution in [0.3, 0.4) is 0 Å². The van der Waals surface area contributed by atoms with Gasteiger partial charge >= 0.3 is 0 Å². The molecule has 0 radical (unpaired) electrons. The maximum atomic E-state index is 13.6. The first-order valence-corrected chi connectivity index (χ1v) is 6.17. The van der Waals surface area contributed by atoms with Crippen LogP contribution >= 0.6 is 0 Å². The van der Waals surface area contributed by atoms with Gasteiger partial charge in [0.15, 0.2) is 11.6 Å². The highest BCUT2D eigenvalue weighted by molar-refractivity contribution is 5.95. The molecule has 1 saturated heterocycles. The SMILES string of the molecule is CCOc1ccc(NC(=O)[C@H]2CCCN2)cc1F. The fraction of sp³-hybridized carbons (Fsp3) is 0.462. The quantitative estimate of drug-likeness (QED) is 0.860. The van der Waals surface area contributed by atoms with Crippen molar-refractivity contribution >= 4 is 11.6 Å².